The van der Waals surface area contributed by atoms with E-state index in [1.165, 1.54) is 30.2 Å². The largest absolute Gasteiger partial charge is 0.445 e. The topological polar surface area (TPSA) is 101 Å². The van der Waals surface area contributed by atoms with Crippen LogP contribution in [0.5, 0.6) is 0 Å². The number of carbonyl (C=O) groups excluding carboxylic acids is 1. The summed E-state index contributed by atoms with van der Waals surface area (Å²) in [5, 5.41) is 12.2. The zero-order valence-electron chi connectivity index (χ0n) is 17.7. The first-order chi connectivity index (χ1) is 16.5. The molecule has 0 saturated carbocycles. The third-order valence-corrected chi connectivity index (χ3v) is 7.00. The minimum atomic E-state index is -1.18. The molecule has 1 N–H and O–H groups in total. The molecule has 0 radical (unpaired) electrons. The monoisotopic (exact) mass is 480 g/mol. The average Bonchev–Trinajstić information content (AvgIpc) is 3.33. The van der Waals surface area contributed by atoms with Crippen molar-refractivity contribution in [3.63, 3.8) is 0 Å². The number of hydrogen-bond acceptors (Lipinski definition) is 7. The number of nitrogens with zero attached hydrogens (tertiary/aromatic N) is 3. The second-order valence-corrected chi connectivity index (χ2v) is 9.02. The lowest BCUT2D eigenvalue weighted by Gasteiger charge is -2.46. The second-order valence-electron chi connectivity index (χ2n) is 8.01. The van der Waals surface area contributed by atoms with Gasteiger partial charge in [0.15, 0.2) is 10.9 Å². The molecule has 2 aliphatic rings. The average molecular weight is 480 g/mol. The Kier molecular flexibility index (Phi) is 5.89. The quantitative estimate of drug-likeness (QED) is 0.599. The number of nitriles is 1. The fourth-order valence-electron chi connectivity index (χ4n) is 4.27. The molecule has 0 spiro atoms. The summed E-state index contributed by atoms with van der Waals surface area (Å²) in [6.07, 6.45) is 1.10. The van der Waals surface area contributed by atoms with Crippen molar-refractivity contribution in [3.8, 4) is 6.07 Å². The first-order valence-corrected chi connectivity index (χ1v) is 11.5. The van der Waals surface area contributed by atoms with E-state index in [0.717, 1.165) is 6.07 Å². The molecule has 1 amide bonds. The molecular weight excluding hydrogens is 462 g/mol. The Morgan fingerprint density at radius 3 is 2.79 bits per heavy atom. The van der Waals surface area contributed by atoms with Crippen LogP contribution in [0.2, 0.25) is 0 Å². The van der Waals surface area contributed by atoms with Gasteiger partial charge in [-0.25, -0.2) is 18.8 Å². The predicted molar refractivity (Wildman–Crippen MR) is 120 cm³/mol. The second kappa shape index (κ2) is 9.00. The van der Waals surface area contributed by atoms with Crippen LogP contribution in [-0.4, -0.2) is 28.4 Å². The highest BCUT2D eigenvalue weighted by molar-refractivity contribution is 8.13. The number of rotatable bonds is 3. The number of halogens is 2. The molecule has 1 fully saturated rings. The summed E-state index contributed by atoms with van der Waals surface area (Å²) in [6.45, 7) is -0.0412. The van der Waals surface area contributed by atoms with E-state index in [1.807, 2.05) is 12.1 Å². The normalized spacial score (nSPS) is 24.0. The molecular formula is C24H18F2N4O3S. The maximum Gasteiger partial charge on any atom is 0.257 e. The molecule has 3 atom stereocenters. The number of hydrogen-bond donors (Lipinski definition) is 1. The Hall–Kier alpha value is -3.55. The van der Waals surface area contributed by atoms with E-state index in [-0.39, 0.29) is 35.6 Å². The lowest BCUT2D eigenvalue weighted by molar-refractivity contribution is -0.0698. The fraction of sp³-hybridized carbons (Fsp3) is 0.250. The molecule has 0 aliphatic carbocycles. The van der Waals surface area contributed by atoms with Gasteiger partial charge in [0.1, 0.15) is 35.6 Å². The van der Waals surface area contributed by atoms with E-state index in [1.54, 1.807) is 24.3 Å². The van der Waals surface area contributed by atoms with Gasteiger partial charge < -0.3 is 14.5 Å². The Morgan fingerprint density at radius 1 is 1.24 bits per heavy atom. The van der Waals surface area contributed by atoms with E-state index in [0.29, 0.717) is 22.9 Å². The number of thioether (sulfide) groups is 1. The van der Waals surface area contributed by atoms with Crippen molar-refractivity contribution in [2.45, 2.75) is 18.1 Å². The van der Waals surface area contributed by atoms with Crippen molar-refractivity contribution >= 4 is 22.8 Å². The van der Waals surface area contributed by atoms with Gasteiger partial charge >= 0.3 is 0 Å². The summed E-state index contributed by atoms with van der Waals surface area (Å²) in [4.78, 5) is 21.6. The SMILES string of the molecule is N#Cc1coc(C2CC3CSC(NC(=O)c4ccccc4)=NC3(c3ccc(F)cc3F)CO2)n1. The van der Waals surface area contributed by atoms with E-state index in [2.05, 4.69) is 10.3 Å². The van der Waals surface area contributed by atoms with Crippen LogP contribution in [0.4, 0.5) is 8.78 Å². The van der Waals surface area contributed by atoms with Gasteiger partial charge in [0, 0.05) is 28.9 Å². The van der Waals surface area contributed by atoms with E-state index >= 15 is 0 Å². The molecule has 172 valence electrons. The van der Waals surface area contributed by atoms with Crippen molar-refractivity contribution < 1.29 is 22.7 Å². The number of carbonyl (C=O) groups is 1. The molecule has 5 rings (SSSR count). The number of ether oxygens (including phenoxy) is 1. The third-order valence-electron chi connectivity index (χ3n) is 5.97. The Morgan fingerprint density at radius 2 is 2.06 bits per heavy atom. The number of fused-ring (bicyclic) bond motifs is 1. The van der Waals surface area contributed by atoms with Gasteiger partial charge in [-0.1, -0.05) is 36.0 Å². The number of aromatic nitrogens is 1. The minimum absolute atomic E-state index is 0.0412. The van der Waals surface area contributed by atoms with Crippen LogP contribution in [0.15, 0.2) is 64.2 Å². The summed E-state index contributed by atoms with van der Waals surface area (Å²) in [5.74, 6) is -1.23. The third kappa shape index (κ3) is 4.08. The van der Waals surface area contributed by atoms with Crippen LogP contribution in [0.25, 0.3) is 0 Å². The Balaban J connectivity index is 1.49. The van der Waals surface area contributed by atoms with E-state index in [4.69, 9.17) is 19.4 Å². The number of benzene rings is 2. The lowest BCUT2D eigenvalue weighted by atomic mass is 9.75. The van der Waals surface area contributed by atoms with Crippen LogP contribution in [0.1, 0.15) is 40.0 Å². The van der Waals surface area contributed by atoms with Crippen molar-refractivity contribution in [2.75, 3.05) is 12.4 Å². The van der Waals surface area contributed by atoms with Gasteiger partial charge in [0.2, 0.25) is 5.89 Å². The summed E-state index contributed by atoms with van der Waals surface area (Å²) in [6, 6.07) is 14.0. The van der Waals surface area contributed by atoms with Crippen molar-refractivity contribution in [2.24, 2.45) is 10.9 Å². The molecule has 3 unspecified atom stereocenters. The molecule has 7 nitrogen and oxygen atoms in total. The van der Waals surface area contributed by atoms with Gasteiger partial charge in [-0.15, -0.1) is 0 Å². The van der Waals surface area contributed by atoms with Gasteiger partial charge in [-0.05, 0) is 24.6 Å². The van der Waals surface area contributed by atoms with Crippen molar-refractivity contribution in [1.82, 2.24) is 10.3 Å². The Labute approximate surface area is 197 Å². The molecule has 0 bridgehead atoms. The van der Waals surface area contributed by atoms with Crippen molar-refractivity contribution in [1.29, 1.82) is 5.26 Å². The highest BCUT2D eigenvalue weighted by Gasteiger charge is 2.50. The number of nitrogens with one attached hydrogen (secondary N) is 1. The minimum Gasteiger partial charge on any atom is -0.445 e. The lowest BCUT2D eigenvalue weighted by Crippen LogP contribution is -2.49. The molecule has 2 aromatic carbocycles. The van der Waals surface area contributed by atoms with Gasteiger partial charge in [-0.2, -0.15) is 5.26 Å². The van der Waals surface area contributed by atoms with Gasteiger partial charge in [0.25, 0.3) is 5.91 Å². The predicted octanol–water partition coefficient (Wildman–Crippen LogP) is 4.33. The number of amidine groups is 1. The molecule has 3 heterocycles. The molecule has 3 aromatic rings. The molecule has 1 aromatic heterocycles. The highest BCUT2D eigenvalue weighted by atomic mass is 32.2. The first kappa shape index (κ1) is 22.3. The van der Waals surface area contributed by atoms with Crippen LogP contribution in [-0.2, 0) is 10.3 Å². The van der Waals surface area contributed by atoms with Crippen LogP contribution in [0, 0.1) is 28.9 Å². The maximum absolute atomic E-state index is 15.0. The molecule has 10 heteroatoms. The summed E-state index contributed by atoms with van der Waals surface area (Å²) in [7, 11) is 0. The van der Waals surface area contributed by atoms with Gasteiger partial charge in [0.05, 0.1) is 6.61 Å². The number of oxazole rings is 1. The smallest absolute Gasteiger partial charge is 0.257 e. The zero-order valence-corrected chi connectivity index (χ0v) is 18.5. The highest BCUT2D eigenvalue weighted by Crippen LogP contribution is 2.49. The number of aliphatic imine (C=N–C) groups is 1. The van der Waals surface area contributed by atoms with E-state index in [9.17, 15) is 13.6 Å². The van der Waals surface area contributed by atoms with E-state index < -0.39 is 23.3 Å². The summed E-state index contributed by atoms with van der Waals surface area (Å²) >= 11 is 1.34. The standard InChI is InChI=1S/C24H18F2N4O3S/c25-16-6-7-18(19(26)9-16)24-13-33-20(22-28-17(10-27)11-32-22)8-15(24)12-34-23(30-24)29-21(31)14-4-2-1-3-5-14/h1-7,9,11,15,20H,8,12-13H2,(H,29,30,31). The first-order valence-electron chi connectivity index (χ1n) is 10.5. The zero-order chi connectivity index (χ0) is 23.7. The molecule has 2 aliphatic heterocycles. The fourth-order valence-corrected chi connectivity index (χ4v) is 5.43. The van der Waals surface area contributed by atoms with Gasteiger partial charge in [-0.3, -0.25) is 4.79 Å². The molecule has 34 heavy (non-hydrogen) atoms. The van der Waals surface area contributed by atoms with Crippen LogP contribution < -0.4 is 5.32 Å². The van der Waals surface area contributed by atoms with Crippen LogP contribution in [0.3, 0.4) is 0 Å². The number of amides is 1. The Bertz CT molecular complexity index is 1310. The van der Waals surface area contributed by atoms with Crippen molar-refractivity contribution in [3.05, 3.63) is 89.1 Å². The molecule has 1 saturated heterocycles. The summed E-state index contributed by atoms with van der Waals surface area (Å²) < 4.78 is 40.1. The summed E-state index contributed by atoms with van der Waals surface area (Å²) in [5.41, 5.74) is -0.382. The van der Waals surface area contributed by atoms with Crippen LogP contribution >= 0.6 is 11.8 Å². The maximum atomic E-state index is 15.0.